The van der Waals surface area contributed by atoms with Crippen LogP contribution in [0.25, 0.3) is 0 Å². The molecule has 0 radical (unpaired) electrons. The van der Waals surface area contributed by atoms with Crippen LogP contribution in [0.2, 0.25) is 0 Å². The van der Waals surface area contributed by atoms with Crippen molar-refractivity contribution in [2.24, 2.45) is 0 Å². The van der Waals surface area contributed by atoms with Crippen LogP contribution in [0.3, 0.4) is 0 Å². The Labute approximate surface area is 96.3 Å². The summed E-state index contributed by atoms with van der Waals surface area (Å²) in [5.74, 6) is 0.248. The Morgan fingerprint density at radius 3 is 2.56 bits per heavy atom. The third kappa shape index (κ3) is 3.51. The molecule has 0 bridgehead atoms. The van der Waals surface area contributed by atoms with Crippen molar-refractivity contribution in [3.63, 3.8) is 0 Å². The largest absolute Gasteiger partial charge is 0.423 e. The van der Waals surface area contributed by atoms with Crippen LogP contribution in [0.1, 0.15) is 12.5 Å². The number of rotatable bonds is 4. The van der Waals surface area contributed by atoms with Gasteiger partial charge in [-0.25, -0.2) is 4.79 Å². The third-order valence-corrected chi connectivity index (χ3v) is 2.07. The average Bonchev–Trinajstić information content (AvgIpc) is 2.20. The van der Waals surface area contributed by atoms with E-state index in [-0.39, 0.29) is 5.97 Å². The highest BCUT2D eigenvalue weighted by Gasteiger charge is 2.10. The van der Waals surface area contributed by atoms with Crippen molar-refractivity contribution in [2.75, 3.05) is 14.1 Å². The molecule has 0 heterocycles. The summed E-state index contributed by atoms with van der Waals surface area (Å²) in [6.45, 7) is 6.02. The van der Waals surface area contributed by atoms with Gasteiger partial charge >= 0.3 is 5.97 Å². The minimum atomic E-state index is -0.374. The molecule has 0 fully saturated rings. The van der Waals surface area contributed by atoms with Crippen LogP contribution < -0.4 is 9.64 Å². The Bertz CT molecular complexity index is 397. The average molecular weight is 220 g/mol. The van der Waals surface area contributed by atoms with Crippen LogP contribution in [0, 0.1) is 0 Å². The second-order valence-electron chi connectivity index (χ2n) is 4.16. The molecule has 0 atom stereocenters. The van der Waals surface area contributed by atoms with Crippen molar-refractivity contribution >= 4 is 5.97 Å². The van der Waals surface area contributed by atoms with E-state index in [4.69, 9.17) is 4.74 Å². The van der Waals surface area contributed by atoms with E-state index in [2.05, 4.69) is 20.7 Å². The maximum absolute atomic E-state index is 11.4. The van der Waals surface area contributed by atoms with E-state index < -0.39 is 0 Å². The highest BCUT2D eigenvalue weighted by atomic mass is 16.5. The molecule has 0 aliphatic carbocycles. The van der Waals surface area contributed by atoms with Gasteiger partial charge in [0, 0.05) is 11.1 Å². The summed E-state index contributed by atoms with van der Waals surface area (Å²) in [6, 6.07) is 7.57. The van der Waals surface area contributed by atoms with Gasteiger partial charge in [-0.15, -0.1) is 0 Å². The molecule has 3 heteroatoms. The number of hydrogen-bond donors (Lipinski definition) is 1. The van der Waals surface area contributed by atoms with Gasteiger partial charge in [0.15, 0.2) is 0 Å². The summed E-state index contributed by atoms with van der Waals surface area (Å²) in [5.41, 5.74) is 1.43. The number of quaternary nitrogens is 1. The molecule has 86 valence electrons. The van der Waals surface area contributed by atoms with Gasteiger partial charge in [0.1, 0.15) is 12.3 Å². The molecular weight excluding hydrogens is 202 g/mol. The minimum absolute atomic E-state index is 0.374. The molecule has 3 nitrogen and oxygen atoms in total. The van der Waals surface area contributed by atoms with Crippen LogP contribution in [-0.4, -0.2) is 20.1 Å². The van der Waals surface area contributed by atoms with E-state index >= 15 is 0 Å². The fraction of sp³-hybridized carbons (Fsp3) is 0.308. The molecule has 16 heavy (non-hydrogen) atoms. The SMILES string of the molecule is C=C(C)C(=O)Oc1ccccc1C[NH+](C)C. The van der Waals surface area contributed by atoms with Gasteiger partial charge in [0.05, 0.1) is 14.1 Å². The first-order valence-electron chi connectivity index (χ1n) is 5.25. The lowest BCUT2D eigenvalue weighted by atomic mass is 10.2. The van der Waals surface area contributed by atoms with Crippen molar-refractivity contribution in [3.8, 4) is 5.75 Å². The molecule has 0 aromatic heterocycles. The Hall–Kier alpha value is -1.61. The van der Waals surface area contributed by atoms with E-state index in [0.717, 1.165) is 12.1 Å². The number of nitrogens with one attached hydrogen (secondary N) is 1. The second-order valence-corrected chi connectivity index (χ2v) is 4.16. The summed E-state index contributed by atoms with van der Waals surface area (Å²) in [5, 5.41) is 0. The van der Waals surface area contributed by atoms with Crippen LogP contribution in [-0.2, 0) is 11.3 Å². The second kappa shape index (κ2) is 5.47. The van der Waals surface area contributed by atoms with Gasteiger partial charge in [-0.1, -0.05) is 18.7 Å². The summed E-state index contributed by atoms with van der Waals surface area (Å²) in [4.78, 5) is 12.7. The summed E-state index contributed by atoms with van der Waals surface area (Å²) in [6.07, 6.45) is 0. The lowest BCUT2D eigenvalue weighted by molar-refractivity contribution is -0.872. The normalized spacial score (nSPS) is 10.2. The maximum atomic E-state index is 11.4. The van der Waals surface area contributed by atoms with Crippen LogP contribution in [0.4, 0.5) is 0 Å². The van der Waals surface area contributed by atoms with Gasteiger partial charge < -0.3 is 9.64 Å². The molecule has 0 saturated heterocycles. The topological polar surface area (TPSA) is 30.7 Å². The Kier molecular flexibility index (Phi) is 4.26. The third-order valence-electron chi connectivity index (χ3n) is 2.07. The zero-order valence-electron chi connectivity index (χ0n) is 10.0. The minimum Gasteiger partial charge on any atom is -0.423 e. The number of carbonyl (C=O) groups excluding carboxylic acids is 1. The predicted molar refractivity (Wildman–Crippen MR) is 63.4 cm³/mol. The zero-order chi connectivity index (χ0) is 12.1. The molecule has 1 aromatic rings. The first kappa shape index (κ1) is 12.5. The molecular formula is C13H18NO2+. The van der Waals surface area contributed by atoms with Gasteiger partial charge in [0.2, 0.25) is 0 Å². The highest BCUT2D eigenvalue weighted by Crippen LogP contribution is 2.17. The maximum Gasteiger partial charge on any atom is 0.338 e. The van der Waals surface area contributed by atoms with Gasteiger partial charge in [0.25, 0.3) is 0 Å². The number of carbonyl (C=O) groups is 1. The molecule has 1 aromatic carbocycles. The monoisotopic (exact) mass is 220 g/mol. The Balaban J connectivity index is 2.86. The fourth-order valence-corrected chi connectivity index (χ4v) is 1.32. The lowest BCUT2D eigenvalue weighted by Gasteiger charge is -2.11. The molecule has 0 aliphatic heterocycles. The Morgan fingerprint density at radius 1 is 1.38 bits per heavy atom. The lowest BCUT2D eigenvalue weighted by Crippen LogP contribution is -3.04. The van der Waals surface area contributed by atoms with E-state index in [1.54, 1.807) is 13.0 Å². The molecule has 0 unspecified atom stereocenters. The van der Waals surface area contributed by atoms with Gasteiger partial charge in [-0.05, 0) is 19.1 Å². The fourth-order valence-electron chi connectivity index (χ4n) is 1.32. The molecule has 1 N–H and O–H groups in total. The molecule has 0 saturated carbocycles. The smallest absolute Gasteiger partial charge is 0.338 e. The van der Waals surface area contributed by atoms with Crippen molar-refractivity contribution in [1.29, 1.82) is 0 Å². The van der Waals surface area contributed by atoms with Gasteiger partial charge in [-0.3, -0.25) is 0 Å². The zero-order valence-corrected chi connectivity index (χ0v) is 10.0. The predicted octanol–water partition coefficient (Wildman–Crippen LogP) is 0.813. The van der Waals surface area contributed by atoms with E-state index in [0.29, 0.717) is 11.3 Å². The van der Waals surface area contributed by atoms with Crippen LogP contribution in [0.15, 0.2) is 36.4 Å². The molecule has 0 spiro atoms. The molecule has 0 aliphatic rings. The van der Waals surface area contributed by atoms with E-state index in [1.807, 2.05) is 18.2 Å². The summed E-state index contributed by atoms with van der Waals surface area (Å²) >= 11 is 0. The van der Waals surface area contributed by atoms with Crippen molar-refractivity contribution in [3.05, 3.63) is 42.0 Å². The number of ether oxygens (including phenoxy) is 1. The molecule has 1 rings (SSSR count). The number of para-hydroxylation sites is 1. The standard InChI is InChI=1S/C13H17NO2/c1-10(2)13(15)16-12-8-6-5-7-11(12)9-14(3)4/h5-8H,1,9H2,2-4H3/p+1. The van der Waals surface area contributed by atoms with Crippen molar-refractivity contribution in [1.82, 2.24) is 0 Å². The first-order valence-corrected chi connectivity index (χ1v) is 5.25. The van der Waals surface area contributed by atoms with E-state index in [9.17, 15) is 4.79 Å². The first-order chi connectivity index (χ1) is 7.50. The van der Waals surface area contributed by atoms with Gasteiger partial charge in [-0.2, -0.15) is 0 Å². The van der Waals surface area contributed by atoms with Crippen molar-refractivity contribution < 1.29 is 14.4 Å². The van der Waals surface area contributed by atoms with Crippen LogP contribution >= 0.6 is 0 Å². The number of benzene rings is 1. The quantitative estimate of drug-likeness (QED) is 0.462. The highest BCUT2D eigenvalue weighted by molar-refractivity contribution is 5.88. The van der Waals surface area contributed by atoms with Crippen molar-refractivity contribution in [2.45, 2.75) is 13.5 Å². The summed E-state index contributed by atoms with van der Waals surface area (Å²) in [7, 11) is 4.11. The van der Waals surface area contributed by atoms with E-state index in [1.165, 1.54) is 4.90 Å². The molecule has 0 amide bonds. The summed E-state index contributed by atoms with van der Waals surface area (Å²) < 4.78 is 5.26. The Morgan fingerprint density at radius 2 is 2.00 bits per heavy atom. The van der Waals surface area contributed by atoms with Crippen LogP contribution in [0.5, 0.6) is 5.75 Å². The number of esters is 1. The number of hydrogen-bond acceptors (Lipinski definition) is 2.